The molecule has 4 nitrogen and oxygen atoms in total. The highest BCUT2D eigenvalue weighted by atomic mass is 16.4. The molecule has 0 radical (unpaired) electrons. The maximum Gasteiger partial charge on any atom is 0.324 e. The molecule has 0 aromatic rings. The van der Waals surface area contributed by atoms with Crippen LogP contribution in [0.15, 0.2) is 0 Å². The van der Waals surface area contributed by atoms with E-state index in [0.717, 1.165) is 38.9 Å². The van der Waals surface area contributed by atoms with Crippen molar-refractivity contribution in [2.45, 2.75) is 52.5 Å². The lowest BCUT2D eigenvalue weighted by Gasteiger charge is -2.33. The molecule has 0 heterocycles. The SMILES string of the molecule is CCCNC(C)(CN(CCC)CCC)C(=O)O. The van der Waals surface area contributed by atoms with Gasteiger partial charge in [-0.2, -0.15) is 0 Å². The standard InChI is InChI=1S/C13H28N2O2/c1-5-8-14-13(4,12(16)17)11-15(9-6-2)10-7-3/h14H,5-11H2,1-4H3,(H,16,17). The third-order valence-corrected chi connectivity index (χ3v) is 2.86. The van der Waals surface area contributed by atoms with Crippen molar-refractivity contribution in [2.75, 3.05) is 26.2 Å². The van der Waals surface area contributed by atoms with Crippen LogP contribution in [0.25, 0.3) is 0 Å². The largest absolute Gasteiger partial charge is 0.480 e. The molecule has 0 saturated carbocycles. The Bertz CT molecular complexity index is 215. The van der Waals surface area contributed by atoms with Crippen molar-refractivity contribution in [3.05, 3.63) is 0 Å². The number of carboxylic acid groups (broad SMARTS) is 1. The summed E-state index contributed by atoms with van der Waals surface area (Å²) in [5.74, 6) is -0.761. The zero-order valence-corrected chi connectivity index (χ0v) is 11.8. The molecule has 102 valence electrons. The summed E-state index contributed by atoms with van der Waals surface area (Å²) >= 11 is 0. The van der Waals surface area contributed by atoms with Crippen LogP contribution in [-0.2, 0) is 4.79 Å². The van der Waals surface area contributed by atoms with Crippen molar-refractivity contribution in [1.82, 2.24) is 10.2 Å². The van der Waals surface area contributed by atoms with Gasteiger partial charge in [-0.25, -0.2) is 0 Å². The van der Waals surface area contributed by atoms with Crippen molar-refractivity contribution >= 4 is 5.97 Å². The van der Waals surface area contributed by atoms with Crippen LogP contribution in [-0.4, -0.2) is 47.7 Å². The van der Waals surface area contributed by atoms with E-state index in [9.17, 15) is 9.90 Å². The van der Waals surface area contributed by atoms with Crippen LogP contribution in [0, 0.1) is 0 Å². The van der Waals surface area contributed by atoms with E-state index in [0.29, 0.717) is 6.54 Å². The summed E-state index contributed by atoms with van der Waals surface area (Å²) in [6, 6.07) is 0. The van der Waals surface area contributed by atoms with Crippen LogP contribution in [0.5, 0.6) is 0 Å². The smallest absolute Gasteiger partial charge is 0.324 e. The summed E-state index contributed by atoms with van der Waals surface area (Å²) in [5, 5.41) is 12.5. The van der Waals surface area contributed by atoms with Crippen LogP contribution in [0.1, 0.15) is 47.0 Å². The van der Waals surface area contributed by atoms with Gasteiger partial charge in [0, 0.05) is 6.54 Å². The van der Waals surface area contributed by atoms with Crippen LogP contribution in [0.4, 0.5) is 0 Å². The Morgan fingerprint density at radius 2 is 1.71 bits per heavy atom. The lowest BCUT2D eigenvalue weighted by molar-refractivity contribution is -0.145. The molecule has 17 heavy (non-hydrogen) atoms. The summed E-state index contributed by atoms with van der Waals surface area (Å²) in [6.45, 7) is 11.3. The van der Waals surface area contributed by atoms with Crippen molar-refractivity contribution in [3.63, 3.8) is 0 Å². The van der Waals surface area contributed by atoms with Crippen molar-refractivity contribution in [2.24, 2.45) is 0 Å². The lowest BCUT2D eigenvalue weighted by atomic mass is 10.0. The maximum atomic E-state index is 11.4. The third kappa shape index (κ3) is 6.03. The number of hydrogen-bond acceptors (Lipinski definition) is 3. The quantitative estimate of drug-likeness (QED) is 0.617. The monoisotopic (exact) mass is 244 g/mol. The Labute approximate surface area is 105 Å². The van der Waals surface area contributed by atoms with E-state index < -0.39 is 11.5 Å². The van der Waals surface area contributed by atoms with Gasteiger partial charge in [-0.3, -0.25) is 4.79 Å². The molecule has 0 spiro atoms. The van der Waals surface area contributed by atoms with Crippen molar-refractivity contribution in [3.8, 4) is 0 Å². The van der Waals surface area contributed by atoms with Gasteiger partial charge in [0.25, 0.3) is 0 Å². The maximum absolute atomic E-state index is 11.4. The average Bonchev–Trinajstić information content (AvgIpc) is 2.27. The van der Waals surface area contributed by atoms with Gasteiger partial charge in [-0.1, -0.05) is 20.8 Å². The summed E-state index contributed by atoms with van der Waals surface area (Å²) in [6.07, 6.45) is 3.07. The van der Waals surface area contributed by atoms with E-state index in [1.54, 1.807) is 6.92 Å². The molecule has 2 N–H and O–H groups in total. The molecular formula is C13H28N2O2. The van der Waals surface area contributed by atoms with Crippen molar-refractivity contribution in [1.29, 1.82) is 0 Å². The predicted octanol–water partition coefficient (Wildman–Crippen LogP) is 1.95. The second-order valence-corrected chi connectivity index (χ2v) is 4.84. The molecule has 0 aliphatic heterocycles. The molecule has 0 amide bonds. The van der Waals surface area contributed by atoms with Crippen LogP contribution in [0.3, 0.4) is 0 Å². The van der Waals surface area contributed by atoms with Gasteiger partial charge in [0.05, 0.1) is 0 Å². The van der Waals surface area contributed by atoms with Crippen LogP contribution < -0.4 is 5.32 Å². The van der Waals surface area contributed by atoms with Gasteiger partial charge in [0.1, 0.15) is 5.54 Å². The molecule has 0 fully saturated rings. The normalized spacial score (nSPS) is 14.9. The number of carboxylic acids is 1. The summed E-state index contributed by atoms with van der Waals surface area (Å²) in [4.78, 5) is 13.6. The Hall–Kier alpha value is -0.610. The highest BCUT2D eigenvalue weighted by Gasteiger charge is 2.33. The first-order chi connectivity index (χ1) is 8.00. The molecule has 0 aromatic heterocycles. The minimum atomic E-state index is -0.833. The summed E-state index contributed by atoms with van der Waals surface area (Å²) in [5.41, 5.74) is -0.833. The number of nitrogens with one attached hydrogen (secondary N) is 1. The molecule has 0 aliphatic rings. The van der Waals surface area contributed by atoms with E-state index in [2.05, 4.69) is 24.1 Å². The summed E-state index contributed by atoms with van der Waals surface area (Å²) < 4.78 is 0. The topological polar surface area (TPSA) is 52.6 Å². The Kier molecular flexibility index (Phi) is 8.17. The molecule has 0 aromatic carbocycles. The minimum absolute atomic E-state index is 0.573. The molecular weight excluding hydrogens is 216 g/mol. The highest BCUT2D eigenvalue weighted by Crippen LogP contribution is 2.09. The van der Waals surface area contributed by atoms with E-state index in [-0.39, 0.29) is 0 Å². The molecule has 0 aliphatic carbocycles. The van der Waals surface area contributed by atoms with E-state index in [1.165, 1.54) is 0 Å². The van der Waals surface area contributed by atoms with Gasteiger partial charge < -0.3 is 15.3 Å². The van der Waals surface area contributed by atoms with E-state index in [4.69, 9.17) is 0 Å². The molecule has 0 saturated heterocycles. The number of hydrogen-bond donors (Lipinski definition) is 2. The second kappa shape index (κ2) is 8.48. The zero-order chi connectivity index (χ0) is 13.3. The van der Waals surface area contributed by atoms with E-state index in [1.807, 2.05) is 6.92 Å². The molecule has 1 atom stereocenters. The highest BCUT2D eigenvalue weighted by molar-refractivity contribution is 5.78. The van der Waals surface area contributed by atoms with Crippen LogP contribution >= 0.6 is 0 Å². The fourth-order valence-corrected chi connectivity index (χ4v) is 1.95. The van der Waals surface area contributed by atoms with Crippen molar-refractivity contribution < 1.29 is 9.90 Å². The lowest BCUT2D eigenvalue weighted by Crippen LogP contribution is -2.57. The van der Waals surface area contributed by atoms with Gasteiger partial charge in [0.2, 0.25) is 0 Å². The number of aliphatic carboxylic acids is 1. The first-order valence-electron chi connectivity index (χ1n) is 6.70. The van der Waals surface area contributed by atoms with Gasteiger partial charge >= 0.3 is 5.97 Å². The Balaban J connectivity index is 4.52. The van der Waals surface area contributed by atoms with Gasteiger partial charge in [-0.15, -0.1) is 0 Å². The van der Waals surface area contributed by atoms with E-state index >= 15 is 0 Å². The second-order valence-electron chi connectivity index (χ2n) is 4.84. The third-order valence-electron chi connectivity index (χ3n) is 2.86. The Morgan fingerprint density at radius 3 is 2.06 bits per heavy atom. The molecule has 1 unspecified atom stereocenters. The Morgan fingerprint density at radius 1 is 1.18 bits per heavy atom. The molecule has 0 bridgehead atoms. The summed E-state index contributed by atoms with van der Waals surface area (Å²) in [7, 11) is 0. The van der Waals surface area contributed by atoms with Gasteiger partial charge in [0.15, 0.2) is 0 Å². The average molecular weight is 244 g/mol. The number of rotatable bonds is 10. The molecule has 4 heteroatoms. The van der Waals surface area contributed by atoms with Gasteiger partial charge in [-0.05, 0) is 45.8 Å². The first kappa shape index (κ1) is 16.4. The zero-order valence-electron chi connectivity index (χ0n) is 11.8. The minimum Gasteiger partial charge on any atom is -0.480 e. The predicted molar refractivity (Wildman–Crippen MR) is 71.4 cm³/mol. The number of carbonyl (C=O) groups is 1. The van der Waals surface area contributed by atoms with Crippen LogP contribution in [0.2, 0.25) is 0 Å². The molecule has 0 rings (SSSR count). The fraction of sp³-hybridized carbons (Fsp3) is 0.923. The first-order valence-corrected chi connectivity index (χ1v) is 6.70. The number of nitrogens with zero attached hydrogens (tertiary/aromatic N) is 1. The fourth-order valence-electron chi connectivity index (χ4n) is 1.95.